The molecule has 2 N–H and O–H groups in total. The van der Waals surface area contributed by atoms with E-state index < -0.39 is 18.3 Å². The molecule has 0 saturated carbocycles. The first-order valence-electron chi connectivity index (χ1n) is 5.29. The average Bonchev–Trinajstić information content (AvgIpc) is 2.41. The van der Waals surface area contributed by atoms with Crippen molar-refractivity contribution in [3.05, 3.63) is 52.3 Å². The summed E-state index contributed by atoms with van der Waals surface area (Å²) in [6.45, 7) is -0.417. The van der Waals surface area contributed by atoms with Gasteiger partial charge in [0.25, 0.3) is 5.91 Å². The van der Waals surface area contributed by atoms with Gasteiger partial charge in [-0.1, -0.05) is 15.9 Å². The van der Waals surface area contributed by atoms with Crippen LogP contribution in [0.2, 0.25) is 0 Å². The molecule has 0 unspecified atom stereocenters. The van der Waals surface area contributed by atoms with Crippen LogP contribution in [0, 0.1) is 5.82 Å². The summed E-state index contributed by atoms with van der Waals surface area (Å²) in [4.78, 5) is 19.6. The SMILES string of the molecule is O=C(Nc1ccc(Br)cc1F)c1nccnc1CO. The molecule has 19 heavy (non-hydrogen) atoms. The van der Waals surface area contributed by atoms with Crippen molar-refractivity contribution >= 4 is 27.5 Å². The van der Waals surface area contributed by atoms with E-state index in [1.54, 1.807) is 6.07 Å². The number of rotatable bonds is 3. The molecule has 0 atom stereocenters. The minimum atomic E-state index is -0.627. The summed E-state index contributed by atoms with van der Waals surface area (Å²) in [5, 5.41) is 11.4. The highest BCUT2D eigenvalue weighted by molar-refractivity contribution is 9.10. The van der Waals surface area contributed by atoms with Crippen molar-refractivity contribution in [2.45, 2.75) is 6.61 Å². The highest BCUT2D eigenvalue weighted by Gasteiger charge is 2.15. The molecular formula is C12H9BrFN3O2. The lowest BCUT2D eigenvalue weighted by molar-refractivity contribution is 0.101. The van der Waals surface area contributed by atoms with Crippen LogP contribution in [0.5, 0.6) is 0 Å². The predicted octanol–water partition coefficient (Wildman–Crippen LogP) is 2.12. The van der Waals surface area contributed by atoms with Crippen LogP contribution in [0.25, 0.3) is 0 Å². The van der Waals surface area contributed by atoms with Gasteiger partial charge in [0.15, 0.2) is 5.69 Å². The zero-order valence-corrected chi connectivity index (χ0v) is 11.2. The van der Waals surface area contributed by atoms with Crippen LogP contribution < -0.4 is 5.32 Å². The fraction of sp³-hybridized carbons (Fsp3) is 0.0833. The predicted molar refractivity (Wildman–Crippen MR) is 70.0 cm³/mol. The van der Waals surface area contributed by atoms with E-state index in [4.69, 9.17) is 5.11 Å². The van der Waals surface area contributed by atoms with E-state index in [0.29, 0.717) is 4.47 Å². The van der Waals surface area contributed by atoms with Crippen molar-refractivity contribution < 1.29 is 14.3 Å². The van der Waals surface area contributed by atoms with Crippen LogP contribution in [0.3, 0.4) is 0 Å². The summed E-state index contributed by atoms with van der Waals surface area (Å²) >= 11 is 3.12. The maximum absolute atomic E-state index is 13.6. The number of hydrogen-bond donors (Lipinski definition) is 2. The normalized spacial score (nSPS) is 10.3. The quantitative estimate of drug-likeness (QED) is 0.906. The van der Waals surface area contributed by atoms with E-state index in [-0.39, 0.29) is 17.1 Å². The van der Waals surface area contributed by atoms with Crippen LogP contribution in [0.15, 0.2) is 35.1 Å². The van der Waals surface area contributed by atoms with Gasteiger partial charge in [0.05, 0.1) is 18.0 Å². The largest absolute Gasteiger partial charge is 0.390 e. The Morgan fingerprint density at radius 2 is 2.11 bits per heavy atom. The molecular weight excluding hydrogens is 317 g/mol. The number of nitrogens with zero attached hydrogens (tertiary/aromatic N) is 2. The minimum absolute atomic E-state index is 0.0303. The van der Waals surface area contributed by atoms with Gasteiger partial charge in [-0.05, 0) is 18.2 Å². The first kappa shape index (κ1) is 13.6. The molecule has 2 rings (SSSR count). The molecule has 1 aromatic heterocycles. The number of nitrogens with one attached hydrogen (secondary N) is 1. The van der Waals surface area contributed by atoms with Gasteiger partial charge in [-0.3, -0.25) is 9.78 Å². The molecule has 98 valence electrons. The Bertz CT molecular complexity index is 622. The van der Waals surface area contributed by atoms with Crippen molar-refractivity contribution in [3.8, 4) is 0 Å². The number of halogens is 2. The third-order valence-corrected chi connectivity index (χ3v) is 2.81. The van der Waals surface area contributed by atoms with Gasteiger partial charge in [-0.2, -0.15) is 0 Å². The Morgan fingerprint density at radius 3 is 2.79 bits per heavy atom. The summed E-state index contributed by atoms with van der Waals surface area (Å²) < 4.78 is 14.1. The fourth-order valence-electron chi connectivity index (χ4n) is 1.44. The number of anilines is 1. The van der Waals surface area contributed by atoms with Gasteiger partial charge in [0, 0.05) is 16.9 Å². The lowest BCUT2D eigenvalue weighted by atomic mass is 10.2. The highest BCUT2D eigenvalue weighted by atomic mass is 79.9. The van der Waals surface area contributed by atoms with Crippen LogP contribution >= 0.6 is 15.9 Å². The van der Waals surface area contributed by atoms with E-state index >= 15 is 0 Å². The monoisotopic (exact) mass is 325 g/mol. The second-order valence-electron chi connectivity index (χ2n) is 3.59. The van der Waals surface area contributed by atoms with Gasteiger partial charge in [-0.25, -0.2) is 9.37 Å². The number of aliphatic hydroxyl groups is 1. The third-order valence-electron chi connectivity index (χ3n) is 2.32. The molecule has 0 fully saturated rings. The molecule has 0 aliphatic heterocycles. The van der Waals surface area contributed by atoms with Gasteiger partial charge in [0.2, 0.25) is 0 Å². The first-order valence-corrected chi connectivity index (χ1v) is 6.08. The molecule has 1 aromatic carbocycles. The standard InChI is InChI=1S/C12H9BrFN3O2/c13-7-1-2-9(8(14)5-7)17-12(19)11-10(6-18)15-3-4-16-11/h1-5,18H,6H2,(H,17,19). The Hall–Kier alpha value is -1.86. The highest BCUT2D eigenvalue weighted by Crippen LogP contribution is 2.20. The molecule has 0 bridgehead atoms. The molecule has 2 aromatic rings. The number of carbonyl (C=O) groups excluding carboxylic acids is 1. The number of benzene rings is 1. The number of aliphatic hydroxyl groups excluding tert-OH is 1. The summed E-state index contributed by atoms with van der Waals surface area (Å²) in [6.07, 6.45) is 2.69. The Balaban J connectivity index is 2.26. The lowest BCUT2D eigenvalue weighted by Crippen LogP contribution is -2.17. The van der Waals surface area contributed by atoms with Crippen LogP contribution in [0.1, 0.15) is 16.2 Å². The zero-order chi connectivity index (χ0) is 13.8. The van der Waals surface area contributed by atoms with Gasteiger partial charge in [0.1, 0.15) is 5.82 Å². The second-order valence-corrected chi connectivity index (χ2v) is 4.50. The molecule has 5 nitrogen and oxygen atoms in total. The summed E-state index contributed by atoms with van der Waals surface area (Å²) in [7, 11) is 0. The average molecular weight is 326 g/mol. The molecule has 0 saturated heterocycles. The van der Waals surface area contributed by atoms with Crippen LogP contribution in [-0.2, 0) is 6.61 Å². The fourth-order valence-corrected chi connectivity index (χ4v) is 1.78. The lowest BCUT2D eigenvalue weighted by Gasteiger charge is -2.08. The topological polar surface area (TPSA) is 75.1 Å². The molecule has 0 aliphatic carbocycles. The van der Waals surface area contributed by atoms with Crippen molar-refractivity contribution in [1.29, 1.82) is 0 Å². The Morgan fingerprint density at radius 1 is 1.37 bits per heavy atom. The van der Waals surface area contributed by atoms with Crippen molar-refractivity contribution in [1.82, 2.24) is 9.97 Å². The number of aromatic nitrogens is 2. The van der Waals surface area contributed by atoms with Crippen LogP contribution in [-0.4, -0.2) is 21.0 Å². The van der Waals surface area contributed by atoms with Crippen LogP contribution in [0.4, 0.5) is 10.1 Å². The minimum Gasteiger partial charge on any atom is -0.390 e. The molecule has 7 heteroatoms. The van der Waals surface area contributed by atoms with Crippen molar-refractivity contribution in [2.75, 3.05) is 5.32 Å². The Labute approximate surface area is 116 Å². The van der Waals surface area contributed by atoms with E-state index in [9.17, 15) is 9.18 Å². The van der Waals surface area contributed by atoms with E-state index in [0.717, 1.165) is 0 Å². The van der Waals surface area contributed by atoms with Gasteiger partial charge < -0.3 is 10.4 Å². The first-order chi connectivity index (χ1) is 9.11. The molecule has 1 heterocycles. The van der Waals surface area contributed by atoms with Crippen molar-refractivity contribution in [2.24, 2.45) is 0 Å². The number of amides is 1. The smallest absolute Gasteiger partial charge is 0.276 e. The van der Waals surface area contributed by atoms with E-state index in [2.05, 4.69) is 31.2 Å². The van der Waals surface area contributed by atoms with Gasteiger partial charge >= 0.3 is 0 Å². The summed E-state index contributed by atoms with van der Waals surface area (Å²) in [5.74, 6) is -1.20. The molecule has 0 radical (unpaired) electrons. The van der Waals surface area contributed by atoms with Gasteiger partial charge in [-0.15, -0.1) is 0 Å². The molecule has 0 aliphatic rings. The van der Waals surface area contributed by atoms with Crippen molar-refractivity contribution in [3.63, 3.8) is 0 Å². The zero-order valence-electron chi connectivity index (χ0n) is 9.60. The maximum atomic E-state index is 13.6. The molecule has 0 spiro atoms. The summed E-state index contributed by atoms with van der Waals surface area (Å²) in [6, 6.07) is 4.26. The number of hydrogen-bond acceptors (Lipinski definition) is 4. The molecule has 1 amide bonds. The summed E-state index contributed by atoms with van der Waals surface area (Å²) in [5.41, 5.74) is 0.132. The number of carbonyl (C=O) groups is 1. The van der Waals surface area contributed by atoms with E-state index in [1.807, 2.05) is 0 Å². The van der Waals surface area contributed by atoms with E-state index in [1.165, 1.54) is 24.5 Å². The Kier molecular flexibility index (Phi) is 4.18. The third kappa shape index (κ3) is 3.12. The maximum Gasteiger partial charge on any atom is 0.276 e. The second kappa shape index (κ2) is 5.85.